The van der Waals surface area contributed by atoms with E-state index in [-0.39, 0.29) is 34.3 Å². The van der Waals surface area contributed by atoms with E-state index < -0.39 is 0 Å². The molecule has 4 bridgehead atoms. The van der Waals surface area contributed by atoms with E-state index in [4.69, 9.17) is 16.9 Å². The van der Waals surface area contributed by atoms with Crippen molar-refractivity contribution in [2.75, 3.05) is 6.61 Å². The number of nitrogens with two attached hydrogens (primary N) is 1. The molecule has 4 saturated carbocycles. The van der Waals surface area contributed by atoms with Crippen molar-refractivity contribution in [1.29, 1.82) is 0 Å². The number of rotatable bonds is 12. The predicted octanol–water partition coefficient (Wildman–Crippen LogP) is 7.79. The molecule has 3 N–H and O–H groups in total. The third-order valence-electron chi connectivity index (χ3n) is 12.0. The number of carbonyl (C=O) groups excluding carboxylic acids is 2. The number of H-pyrrole nitrogens is 1. The SMILES string of the molecule is C#C[C@@H]1CC(CCC(=O)CC23CC4CC(C2)CC(OCC/C2=C\CCC(/C(C)=C\C(=O)c5cccc(=O)[nH]5)CCC2)(C4)C3)=C[C@H](N)C1. The van der Waals surface area contributed by atoms with Gasteiger partial charge in [-0.2, -0.15) is 0 Å². The molecule has 0 amide bonds. The lowest BCUT2D eigenvalue weighted by Gasteiger charge is -2.61. The van der Waals surface area contributed by atoms with Crippen LogP contribution in [-0.2, 0) is 9.53 Å². The Hall–Kier alpha value is -3.01. The van der Waals surface area contributed by atoms with Crippen molar-refractivity contribution in [3.05, 3.63) is 69.2 Å². The highest BCUT2D eigenvalue weighted by Crippen LogP contribution is 2.64. The molecule has 1 aromatic heterocycles. The molecule has 6 heteroatoms. The maximum atomic E-state index is 13.4. The van der Waals surface area contributed by atoms with E-state index in [1.165, 1.54) is 49.3 Å². The van der Waals surface area contributed by atoms with Crippen LogP contribution in [0.3, 0.4) is 0 Å². The van der Waals surface area contributed by atoms with Crippen LogP contribution < -0.4 is 11.3 Å². The molecule has 252 valence electrons. The monoisotopic (exact) mass is 638 g/mol. The van der Waals surface area contributed by atoms with Gasteiger partial charge < -0.3 is 15.5 Å². The summed E-state index contributed by atoms with van der Waals surface area (Å²) in [6, 6.07) is 4.72. The molecule has 7 rings (SSSR count). The highest BCUT2D eigenvalue weighted by Gasteiger charge is 2.58. The van der Waals surface area contributed by atoms with Crippen molar-refractivity contribution in [1.82, 2.24) is 4.98 Å². The van der Waals surface area contributed by atoms with Crippen molar-refractivity contribution in [2.24, 2.45) is 34.8 Å². The summed E-state index contributed by atoms with van der Waals surface area (Å²) >= 11 is 0. The van der Waals surface area contributed by atoms with E-state index in [0.717, 1.165) is 76.4 Å². The molecule has 1 heterocycles. The number of allylic oxidation sites excluding steroid dienone is 4. The summed E-state index contributed by atoms with van der Waals surface area (Å²) in [5.74, 6) is 5.13. The van der Waals surface area contributed by atoms with Crippen LogP contribution in [-0.4, -0.2) is 34.8 Å². The summed E-state index contributed by atoms with van der Waals surface area (Å²) in [6.07, 6.45) is 29.2. The quantitative estimate of drug-likeness (QED) is 0.105. The zero-order chi connectivity index (χ0) is 33.0. The molecule has 3 unspecified atom stereocenters. The molecule has 6 aliphatic rings. The molecule has 0 radical (unpaired) electrons. The molecule has 47 heavy (non-hydrogen) atoms. The number of aromatic nitrogens is 1. The van der Waals surface area contributed by atoms with Crippen molar-refractivity contribution < 1.29 is 14.3 Å². The van der Waals surface area contributed by atoms with Gasteiger partial charge in [0.05, 0.1) is 17.9 Å². The van der Waals surface area contributed by atoms with Crippen molar-refractivity contribution in [3.8, 4) is 12.3 Å². The highest BCUT2D eigenvalue weighted by atomic mass is 16.5. The van der Waals surface area contributed by atoms with E-state index in [9.17, 15) is 14.4 Å². The van der Waals surface area contributed by atoms with Gasteiger partial charge in [-0.05, 0) is 139 Å². The molecule has 0 saturated heterocycles. The first-order valence-corrected chi connectivity index (χ1v) is 18.3. The largest absolute Gasteiger partial charge is 0.375 e. The zero-order valence-electron chi connectivity index (χ0n) is 28.4. The highest BCUT2D eigenvalue weighted by molar-refractivity contribution is 6.03. The predicted molar refractivity (Wildman–Crippen MR) is 187 cm³/mol. The van der Waals surface area contributed by atoms with Crippen LogP contribution >= 0.6 is 0 Å². The Labute approximate surface area is 281 Å². The van der Waals surface area contributed by atoms with Gasteiger partial charge in [-0.15, -0.1) is 12.3 Å². The lowest BCUT2D eigenvalue weighted by molar-refractivity contribution is -0.194. The topological polar surface area (TPSA) is 102 Å². The first kappa shape index (κ1) is 33.9. The van der Waals surface area contributed by atoms with Crippen LogP contribution in [0.15, 0.2) is 57.9 Å². The summed E-state index contributed by atoms with van der Waals surface area (Å²) in [5.41, 5.74) is 10.2. The standard InChI is InChI=1S/C41H54N2O4/c1-3-29-18-31(21-35(42)20-29)13-14-36(44)26-40-22-32-19-33(23-40)25-41(24-32,27-40)47-16-15-30-7-4-9-34(10-5-8-30)28(2)17-38(45)37-11-6-12-39(46)43-37/h1,6-7,11-12,17,21,29,32-35H,4-5,8-10,13-16,18-20,22-27,42H2,2H3,(H,43,46)/b28-17-,30-7-/t29-,32?,33?,34?,35-,40?,41?/m1/s1. The van der Waals surface area contributed by atoms with Gasteiger partial charge in [-0.25, -0.2) is 0 Å². The number of hydrogen-bond donors (Lipinski definition) is 2. The van der Waals surface area contributed by atoms with Crippen LogP contribution in [0.4, 0.5) is 0 Å². The Kier molecular flexibility index (Phi) is 10.5. The van der Waals surface area contributed by atoms with Crippen LogP contribution in [0.5, 0.6) is 0 Å². The number of hydrogen-bond acceptors (Lipinski definition) is 5. The molecule has 1 aromatic rings. The van der Waals surface area contributed by atoms with Gasteiger partial charge in [0.25, 0.3) is 0 Å². The number of carbonyl (C=O) groups is 2. The zero-order valence-corrected chi connectivity index (χ0v) is 28.4. The summed E-state index contributed by atoms with van der Waals surface area (Å²) in [7, 11) is 0. The van der Waals surface area contributed by atoms with Gasteiger partial charge in [0.2, 0.25) is 11.3 Å². The molecule has 4 fully saturated rings. The maximum Gasteiger partial charge on any atom is 0.248 e. The minimum absolute atomic E-state index is 0.0171. The van der Waals surface area contributed by atoms with Gasteiger partial charge in [0, 0.05) is 30.9 Å². The van der Waals surface area contributed by atoms with Gasteiger partial charge in [-0.1, -0.05) is 34.9 Å². The Balaban J connectivity index is 0.987. The van der Waals surface area contributed by atoms with Crippen LogP contribution in [0, 0.1) is 41.4 Å². The number of terminal acetylenes is 1. The van der Waals surface area contributed by atoms with Crippen molar-refractivity contribution in [3.63, 3.8) is 0 Å². The number of aromatic amines is 1. The normalized spacial score (nSPS) is 34.8. The minimum Gasteiger partial charge on any atom is -0.375 e. The van der Waals surface area contributed by atoms with Gasteiger partial charge in [-0.3, -0.25) is 14.4 Å². The fourth-order valence-electron chi connectivity index (χ4n) is 10.4. The maximum absolute atomic E-state index is 13.4. The lowest BCUT2D eigenvalue weighted by atomic mass is 9.47. The molecule has 6 nitrogen and oxygen atoms in total. The molecule has 5 atom stereocenters. The van der Waals surface area contributed by atoms with E-state index in [1.807, 2.05) is 0 Å². The average molecular weight is 639 g/mol. The third kappa shape index (κ3) is 8.54. The Morgan fingerprint density at radius 3 is 2.68 bits per heavy atom. The Bertz CT molecular complexity index is 1510. The fourth-order valence-corrected chi connectivity index (χ4v) is 10.4. The van der Waals surface area contributed by atoms with E-state index in [2.05, 4.69) is 30.0 Å². The van der Waals surface area contributed by atoms with E-state index in [0.29, 0.717) is 42.1 Å². The number of ether oxygens (including phenoxy) is 1. The number of Topliss-reactive ketones (excluding diaryl/α,β-unsaturated/α-hetero) is 1. The van der Waals surface area contributed by atoms with Crippen molar-refractivity contribution >= 4 is 11.6 Å². The van der Waals surface area contributed by atoms with Crippen LogP contribution in [0.1, 0.15) is 127 Å². The molecule has 0 spiro atoms. The van der Waals surface area contributed by atoms with Gasteiger partial charge >= 0.3 is 0 Å². The van der Waals surface area contributed by atoms with Gasteiger partial charge in [0.15, 0.2) is 0 Å². The first-order valence-electron chi connectivity index (χ1n) is 18.3. The molecule has 0 aromatic carbocycles. The van der Waals surface area contributed by atoms with Crippen LogP contribution in [0.2, 0.25) is 0 Å². The summed E-state index contributed by atoms with van der Waals surface area (Å²) in [4.78, 5) is 40.3. The summed E-state index contributed by atoms with van der Waals surface area (Å²) < 4.78 is 6.90. The van der Waals surface area contributed by atoms with E-state index >= 15 is 0 Å². The number of pyridine rings is 1. The van der Waals surface area contributed by atoms with Crippen LogP contribution in [0.25, 0.3) is 0 Å². The molecule has 6 aliphatic carbocycles. The smallest absolute Gasteiger partial charge is 0.248 e. The second-order valence-corrected chi connectivity index (χ2v) is 16.0. The second kappa shape index (κ2) is 14.6. The fraction of sp³-hybridized carbons (Fsp3) is 0.634. The molecule has 0 aliphatic heterocycles. The minimum atomic E-state index is -0.253. The van der Waals surface area contributed by atoms with Gasteiger partial charge in [0.1, 0.15) is 5.78 Å². The van der Waals surface area contributed by atoms with E-state index in [1.54, 1.807) is 18.2 Å². The third-order valence-corrected chi connectivity index (χ3v) is 12.0. The molecular weight excluding hydrogens is 584 g/mol. The molecular formula is C41H54N2O4. The number of ketones is 2. The average Bonchev–Trinajstić information content (AvgIpc) is 2.99. The van der Waals surface area contributed by atoms with Crippen molar-refractivity contribution in [2.45, 2.75) is 128 Å². The number of nitrogens with one attached hydrogen (secondary N) is 1. The Morgan fingerprint density at radius 2 is 1.91 bits per heavy atom. The first-order chi connectivity index (χ1) is 22.6. The second-order valence-electron chi connectivity index (χ2n) is 16.0. The Morgan fingerprint density at radius 1 is 1.11 bits per heavy atom. The summed E-state index contributed by atoms with van der Waals surface area (Å²) in [5, 5.41) is 0. The lowest BCUT2D eigenvalue weighted by Crippen LogP contribution is -2.57. The summed E-state index contributed by atoms with van der Waals surface area (Å²) in [6.45, 7) is 2.82.